The third kappa shape index (κ3) is 2.42. The predicted octanol–water partition coefficient (Wildman–Crippen LogP) is 2.04. The molecular formula is C12H12ClNO3. The third-order valence-electron chi connectivity index (χ3n) is 2.50. The van der Waals surface area contributed by atoms with Crippen LogP contribution in [0, 0.1) is 0 Å². The number of carbonyl (C=O) groups is 2. The molecule has 1 aromatic carbocycles. The fraction of sp³-hybridized carbons (Fsp3) is 0.333. The molecule has 0 atom stereocenters. The van der Waals surface area contributed by atoms with Crippen LogP contribution in [0.1, 0.15) is 13.3 Å². The summed E-state index contributed by atoms with van der Waals surface area (Å²) < 4.78 is 5.42. The Morgan fingerprint density at radius 2 is 2.18 bits per heavy atom. The lowest BCUT2D eigenvalue weighted by molar-refractivity contribution is -0.121. The summed E-state index contributed by atoms with van der Waals surface area (Å²) in [6.07, 6.45) is -0.0335. The van der Waals surface area contributed by atoms with Gasteiger partial charge in [-0.3, -0.25) is 9.59 Å². The van der Waals surface area contributed by atoms with Gasteiger partial charge in [0, 0.05) is 11.1 Å². The number of anilines is 1. The highest BCUT2D eigenvalue weighted by Crippen LogP contribution is 2.33. The molecule has 1 fully saturated rings. The van der Waals surface area contributed by atoms with E-state index in [4.69, 9.17) is 16.3 Å². The quantitative estimate of drug-likeness (QED) is 0.775. The number of ether oxygens (including phenoxy) is 1. The lowest BCUT2D eigenvalue weighted by Crippen LogP contribution is -2.25. The molecule has 0 bridgehead atoms. The van der Waals surface area contributed by atoms with Crippen LogP contribution in [0.3, 0.4) is 0 Å². The van der Waals surface area contributed by atoms with Crippen LogP contribution < -0.4 is 9.64 Å². The Labute approximate surface area is 104 Å². The van der Waals surface area contributed by atoms with Crippen LogP contribution >= 0.6 is 11.6 Å². The molecule has 0 N–H and O–H groups in total. The predicted molar refractivity (Wildman–Crippen MR) is 64.6 cm³/mol. The van der Waals surface area contributed by atoms with Crippen molar-refractivity contribution in [2.75, 3.05) is 18.1 Å². The minimum Gasteiger partial charge on any atom is -0.492 e. The summed E-state index contributed by atoms with van der Waals surface area (Å²) in [5, 5.41) is 0.537. The first kappa shape index (κ1) is 11.9. The average Bonchev–Trinajstić information content (AvgIpc) is 2.59. The van der Waals surface area contributed by atoms with Crippen molar-refractivity contribution in [1.29, 1.82) is 0 Å². The number of carbonyl (C=O) groups excluding carboxylic acids is 2. The molecule has 17 heavy (non-hydrogen) atoms. The van der Waals surface area contributed by atoms with Crippen LogP contribution in [0.2, 0.25) is 5.02 Å². The Balaban J connectivity index is 2.37. The second-order valence-electron chi connectivity index (χ2n) is 3.74. The molecule has 0 aliphatic carbocycles. The molecule has 0 spiro atoms. The van der Waals surface area contributed by atoms with Crippen molar-refractivity contribution >= 4 is 29.0 Å². The van der Waals surface area contributed by atoms with Gasteiger partial charge in [0.1, 0.15) is 5.75 Å². The summed E-state index contributed by atoms with van der Waals surface area (Å²) in [6.45, 7) is 2.44. The number of rotatable bonds is 3. The zero-order chi connectivity index (χ0) is 12.4. The lowest BCUT2D eigenvalue weighted by Gasteiger charge is -2.18. The zero-order valence-electron chi connectivity index (χ0n) is 9.40. The van der Waals surface area contributed by atoms with Gasteiger partial charge < -0.3 is 9.64 Å². The standard InChI is InChI=1S/C12H12ClNO3/c1-2-17-11-5-8(13)3-4-10(11)14-7-9(15)6-12(14)16/h3-5H,2,6-7H2,1H3. The minimum absolute atomic E-state index is 0.0335. The fourth-order valence-corrected chi connectivity index (χ4v) is 1.95. The molecule has 5 heteroatoms. The van der Waals surface area contributed by atoms with E-state index in [9.17, 15) is 9.59 Å². The number of hydrogen-bond acceptors (Lipinski definition) is 3. The third-order valence-corrected chi connectivity index (χ3v) is 2.73. The molecule has 2 rings (SSSR count). The summed E-state index contributed by atoms with van der Waals surface area (Å²) in [6, 6.07) is 5.02. The van der Waals surface area contributed by atoms with E-state index in [1.54, 1.807) is 18.2 Å². The molecule has 1 aliphatic rings. The maximum Gasteiger partial charge on any atom is 0.235 e. The highest BCUT2D eigenvalue weighted by atomic mass is 35.5. The lowest BCUT2D eigenvalue weighted by atomic mass is 10.2. The number of ketones is 1. The van der Waals surface area contributed by atoms with Gasteiger partial charge in [0.15, 0.2) is 5.78 Å². The van der Waals surface area contributed by atoms with Crippen molar-refractivity contribution in [3.05, 3.63) is 23.2 Å². The summed E-state index contributed by atoms with van der Waals surface area (Å²) >= 11 is 5.87. The van der Waals surface area contributed by atoms with Crippen LogP contribution in [-0.2, 0) is 9.59 Å². The highest BCUT2D eigenvalue weighted by molar-refractivity contribution is 6.31. The van der Waals surface area contributed by atoms with E-state index in [1.807, 2.05) is 6.92 Å². The van der Waals surface area contributed by atoms with Gasteiger partial charge in [-0.1, -0.05) is 11.6 Å². The van der Waals surface area contributed by atoms with Crippen LogP contribution in [0.25, 0.3) is 0 Å². The molecule has 90 valence electrons. The number of nitrogens with zero attached hydrogens (tertiary/aromatic N) is 1. The smallest absolute Gasteiger partial charge is 0.235 e. The van der Waals surface area contributed by atoms with Crippen molar-refractivity contribution in [1.82, 2.24) is 0 Å². The molecule has 1 amide bonds. The van der Waals surface area contributed by atoms with Gasteiger partial charge in [-0.2, -0.15) is 0 Å². The summed E-state index contributed by atoms with van der Waals surface area (Å²) in [5.74, 6) is 0.258. The summed E-state index contributed by atoms with van der Waals surface area (Å²) in [4.78, 5) is 24.3. The second-order valence-corrected chi connectivity index (χ2v) is 4.18. The first-order valence-corrected chi connectivity index (χ1v) is 5.74. The normalized spacial score (nSPS) is 15.5. The van der Waals surface area contributed by atoms with Gasteiger partial charge in [-0.15, -0.1) is 0 Å². The summed E-state index contributed by atoms with van der Waals surface area (Å²) in [5.41, 5.74) is 0.604. The molecule has 1 aromatic rings. The molecule has 0 radical (unpaired) electrons. The molecule has 0 unspecified atom stereocenters. The molecule has 4 nitrogen and oxygen atoms in total. The maximum absolute atomic E-state index is 11.6. The van der Waals surface area contributed by atoms with E-state index in [-0.39, 0.29) is 24.7 Å². The van der Waals surface area contributed by atoms with Crippen molar-refractivity contribution in [3.8, 4) is 5.75 Å². The number of Topliss-reactive ketones (excluding diaryl/α,β-unsaturated/α-hetero) is 1. The molecule has 1 aliphatic heterocycles. The molecule has 1 saturated heterocycles. The Morgan fingerprint density at radius 3 is 2.76 bits per heavy atom. The van der Waals surface area contributed by atoms with Crippen LogP contribution in [-0.4, -0.2) is 24.8 Å². The van der Waals surface area contributed by atoms with Gasteiger partial charge in [0.05, 0.1) is 25.3 Å². The average molecular weight is 254 g/mol. The van der Waals surface area contributed by atoms with Gasteiger partial charge in [0.25, 0.3) is 0 Å². The molecular weight excluding hydrogens is 242 g/mol. The van der Waals surface area contributed by atoms with E-state index >= 15 is 0 Å². The monoisotopic (exact) mass is 253 g/mol. The zero-order valence-corrected chi connectivity index (χ0v) is 10.2. The van der Waals surface area contributed by atoms with Crippen LogP contribution in [0.15, 0.2) is 18.2 Å². The molecule has 0 aromatic heterocycles. The SMILES string of the molecule is CCOc1cc(Cl)ccc1N1CC(=O)CC1=O. The van der Waals surface area contributed by atoms with E-state index in [0.717, 1.165) is 0 Å². The van der Waals surface area contributed by atoms with Crippen molar-refractivity contribution in [3.63, 3.8) is 0 Å². The summed E-state index contributed by atoms with van der Waals surface area (Å²) in [7, 11) is 0. The van der Waals surface area contributed by atoms with E-state index in [2.05, 4.69) is 0 Å². The Bertz CT molecular complexity index is 473. The van der Waals surface area contributed by atoms with Crippen molar-refractivity contribution in [2.45, 2.75) is 13.3 Å². The van der Waals surface area contributed by atoms with Crippen molar-refractivity contribution < 1.29 is 14.3 Å². The van der Waals surface area contributed by atoms with E-state index in [1.165, 1.54) is 4.90 Å². The Kier molecular flexibility index (Phi) is 3.33. The number of halogens is 1. The van der Waals surface area contributed by atoms with Gasteiger partial charge >= 0.3 is 0 Å². The van der Waals surface area contributed by atoms with Crippen LogP contribution in [0.5, 0.6) is 5.75 Å². The Hall–Kier alpha value is -1.55. The van der Waals surface area contributed by atoms with Gasteiger partial charge in [0.2, 0.25) is 5.91 Å². The van der Waals surface area contributed by atoms with E-state index < -0.39 is 0 Å². The molecule has 1 heterocycles. The Morgan fingerprint density at radius 1 is 1.41 bits per heavy atom. The first-order chi connectivity index (χ1) is 8.11. The maximum atomic E-state index is 11.6. The van der Waals surface area contributed by atoms with Gasteiger partial charge in [-0.05, 0) is 19.1 Å². The second kappa shape index (κ2) is 4.75. The number of benzene rings is 1. The van der Waals surface area contributed by atoms with Crippen molar-refractivity contribution in [2.24, 2.45) is 0 Å². The highest BCUT2D eigenvalue weighted by Gasteiger charge is 2.30. The largest absolute Gasteiger partial charge is 0.492 e. The van der Waals surface area contributed by atoms with E-state index in [0.29, 0.717) is 23.1 Å². The minimum atomic E-state index is -0.196. The fourth-order valence-electron chi connectivity index (χ4n) is 1.79. The molecule has 0 saturated carbocycles. The van der Waals surface area contributed by atoms with Gasteiger partial charge in [-0.25, -0.2) is 0 Å². The number of hydrogen-bond donors (Lipinski definition) is 0. The topological polar surface area (TPSA) is 46.6 Å². The first-order valence-electron chi connectivity index (χ1n) is 5.36. The van der Waals surface area contributed by atoms with Crippen LogP contribution in [0.4, 0.5) is 5.69 Å². The number of amides is 1.